The molecule has 1 atom stereocenters. The van der Waals surface area contributed by atoms with Crippen molar-refractivity contribution in [3.05, 3.63) is 21.9 Å². The van der Waals surface area contributed by atoms with E-state index in [1.165, 1.54) is 9.75 Å². The highest BCUT2D eigenvalue weighted by Gasteiger charge is 2.11. The maximum Gasteiger partial charge on any atom is 0.0415 e. The number of terminal acetylenes is 1. The smallest absolute Gasteiger partial charge is 0.0415 e. The van der Waals surface area contributed by atoms with Gasteiger partial charge in [-0.15, -0.1) is 23.7 Å². The maximum absolute atomic E-state index is 5.26. The van der Waals surface area contributed by atoms with Gasteiger partial charge in [-0.2, -0.15) is 0 Å². The van der Waals surface area contributed by atoms with Crippen LogP contribution in [-0.2, 0) is 0 Å². The van der Waals surface area contributed by atoms with Crippen molar-refractivity contribution in [3.63, 3.8) is 0 Å². The van der Waals surface area contributed by atoms with Crippen LogP contribution in [0.25, 0.3) is 0 Å². The van der Waals surface area contributed by atoms with Gasteiger partial charge in [0.15, 0.2) is 0 Å². The highest BCUT2D eigenvalue weighted by molar-refractivity contribution is 7.12. The zero-order chi connectivity index (χ0) is 11.1. The molecule has 15 heavy (non-hydrogen) atoms. The van der Waals surface area contributed by atoms with E-state index < -0.39 is 0 Å². The van der Waals surface area contributed by atoms with Crippen LogP contribution < -0.4 is 5.32 Å². The Morgan fingerprint density at radius 2 is 2.33 bits per heavy atom. The average Bonchev–Trinajstić information content (AvgIpc) is 2.64. The molecule has 82 valence electrons. The van der Waals surface area contributed by atoms with Gasteiger partial charge >= 0.3 is 0 Å². The lowest BCUT2D eigenvalue weighted by Crippen LogP contribution is -2.19. The molecule has 1 N–H and O–H groups in total. The molecule has 1 aromatic rings. The lowest BCUT2D eigenvalue weighted by Gasteiger charge is -2.15. The fourth-order valence-corrected chi connectivity index (χ4v) is 2.63. The van der Waals surface area contributed by atoms with Gasteiger partial charge in [0, 0.05) is 22.2 Å². The Hall–Kier alpha value is -0.780. The molecule has 0 aliphatic heterocycles. The van der Waals surface area contributed by atoms with Crippen molar-refractivity contribution in [2.75, 3.05) is 6.54 Å². The van der Waals surface area contributed by atoms with E-state index in [1.54, 1.807) is 0 Å². The van der Waals surface area contributed by atoms with Crippen molar-refractivity contribution in [1.82, 2.24) is 5.32 Å². The standard InChI is InChI=1S/C13H19NS/c1-4-6-7-8-12(14-5-2)13-10-9-11(3)15-13/h1,9-10,12,14H,5-8H2,2-3H3. The average molecular weight is 221 g/mol. The molecule has 0 aliphatic rings. The van der Waals surface area contributed by atoms with Crippen LogP contribution in [-0.4, -0.2) is 6.54 Å². The second-order valence-corrected chi connectivity index (χ2v) is 4.97. The summed E-state index contributed by atoms with van der Waals surface area (Å²) in [5.41, 5.74) is 0. The van der Waals surface area contributed by atoms with Crippen LogP contribution in [0.4, 0.5) is 0 Å². The minimum Gasteiger partial charge on any atom is -0.310 e. The van der Waals surface area contributed by atoms with Crippen LogP contribution in [0.15, 0.2) is 12.1 Å². The molecular formula is C13H19NS. The van der Waals surface area contributed by atoms with Crippen molar-refractivity contribution >= 4 is 11.3 Å². The van der Waals surface area contributed by atoms with Gasteiger partial charge in [-0.25, -0.2) is 0 Å². The molecule has 2 heteroatoms. The van der Waals surface area contributed by atoms with Crippen molar-refractivity contribution in [2.24, 2.45) is 0 Å². The zero-order valence-corrected chi connectivity index (χ0v) is 10.4. The summed E-state index contributed by atoms with van der Waals surface area (Å²) >= 11 is 1.88. The number of unbranched alkanes of at least 4 members (excludes halogenated alkanes) is 1. The van der Waals surface area contributed by atoms with E-state index >= 15 is 0 Å². The predicted octanol–water partition coefficient (Wildman–Crippen LogP) is 3.51. The Kier molecular flexibility index (Phi) is 5.45. The van der Waals surface area contributed by atoms with E-state index in [9.17, 15) is 0 Å². The third kappa shape index (κ3) is 4.07. The number of thiophene rings is 1. The quantitative estimate of drug-likeness (QED) is 0.572. The molecule has 1 aromatic heterocycles. The molecule has 0 fully saturated rings. The lowest BCUT2D eigenvalue weighted by molar-refractivity contribution is 0.509. The van der Waals surface area contributed by atoms with E-state index in [4.69, 9.17) is 6.42 Å². The van der Waals surface area contributed by atoms with E-state index in [-0.39, 0.29) is 0 Å². The van der Waals surface area contributed by atoms with Crippen molar-refractivity contribution in [2.45, 2.75) is 39.2 Å². The first-order valence-electron chi connectivity index (χ1n) is 5.51. The fourth-order valence-electron chi connectivity index (χ4n) is 1.64. The van der Waals surface area contributed by atoms with E-state index in [0.29, 0.717) is 6.04 Å². The molecule has 0 aromatic carbocycles. The predicted molar refractivity (Wildman–Crippen MR) is 68.2 cm³/mol. The van der Waals surface area contributed by atoms with Crippen LogP contribution in [0.1, 0.15) is 42.0 Å². The molecule has 1 nitrogen and oxygen atoms in total. The molecule has 0 spiro atoms. The molecular weight excluding hydrogens is 202 g/mol. The maximum atomic E-state index is 5.26. The van der Waals surface area contributed by atoms with Gasteiger partial charge in [-0.3, -0.25) is 0 Å². The number of aryl methyl sites for hydroxylation is 1. The summed E-state index contributed by atoms with van der Waals surface area (Å²) in [6.07, 6.45) is 8.38. The van der Waals surface area contributed by atoms with Gasteiger partial charge < -0.3 is 5.32 Å². The molecule has 1 rings (SSSR count). The van der Waals surface area contributed by atoms with Gasteiger partial charge in [0.25, 0.3) is 0 Å². The van der Waals surface area contributed by atoms with E-state index in [2.05, 4.69) is 37.2 Å². The molecule has 0 radical (unpaired) electrons. The molecule has 0 saturated heterocycles. The van der Waals surface area contributed by atoms with Gasteiger partial charge in [0.2, 0.25) is 0 Å². The SMILES string of the molecule is C#CCCCC(NCC)c1ccc(C)s1. The Balaban J connectivity index is 2.54. The van der Waals surface area contributed by atoms with Crippen LogP contribution in [0.2, 0.25) is 0 Å². The second-order valence-electron chi connectivity index (χ2n) is 3.66. The summed E-state index contributed by atoms with van der Waals surface area (Å²) in [5.74, 6) is 2.70. The molecule has 0 amide bonds. The van der Waals surface area contributed by atoms with Crippen LogP contribution in [0.5, 0.6) is 0 Å². The highest BCUT2D eigenvalue weighted by atomic mass is 32.1. The molecule has 1 unspecified atom stereocenters. The Bertz CT molecular complexity index is 322. The number of nitrogens with one attached hydrogen (secondary N) is 1. The fraction of sp³-hybridized carbons (Fsp3) is 0.538. The summed E-state index contributed by atoms with van der Waals surface area (Å²) in [5, 5.41) is 3.51. The van der Waals surface area contributed by atoms with Crippen molar-refractivity contribution in [3.8, 4) is 12.3 Å². The van der Waals surface area contributed by atoms with Gasteiger partial charge in [0.05, 0.1) is 0 Å². The first-order chi connectivity index (χ1) is 7.27. The summed E-state index contributed by atoms with van der Waals surface area (Å²) in [4.78, 5) is 2.82. The third-order valence-corrected chi connectivity index (χ3v) is 3.48. The number of hydrogen-bond acceptors (Lipinski definition) is 2. The summed E-state index contributed by atoms with van der Waals surface area (Å²) < 4.78 is 0. The Morgan fingerprint density at radius 1 is 1.53 bits per heavy atom. The van der Waals surface area contributed by atoms with E-state index in [0.717, 1.165) is 25.8 Å². The first-order valence-corrected chi connectivity index (χ1v) is 6.32. The Morgan fingerprint density at radius 3 is 2.87 bits per heavy atom. The minimum atomic E-state index is 0.488. The van der Waals surface area contributed by atoms with Crippen molar-refractivity contribution < 1.29 is 0 Å². The van der Waals surface area contributed by atoms with Crippen LogP contribution in [0, 0.1) is 19.3 Å². The van der Waals surface area contributed by atoms with Gasteiger partial charge in [-0.05, 0) is 38.4 Å². The van der Waals surface area contributed by atoms with Crippen LogP contribution in [0.3, 0.4) is 0 Å². The molecule has 0 saturated carbocycles. The normalized spacial score (nSPS) is 12.3. The van der Waals surface area contributed by atoms with E-state index in [1.807, 2.05) is 11.3 Å². The summed E-state index contributed by atoms with van der Waals surface area (Å²) in [7, 11) is 0. The van der Waals surface area contributed by atoms with Crippen molar-refractivity contribution in [1.29, 1.82) is 0 Å². The minimum absolute atomic E-state index is 0.488. The third-order valence-electron chi connectivity index (χ3n) is 2.37. The van der Waals surface area contributed by atoms with Gasteiger partial charge in [-0.1, -0.05) is 6.92 Å². The highest BCUT2D eigenvalue weighted by Crippen LogP contribution is 2.26. The Labute approximate surface area is 96.9 Å². The largest absolute Gasteiger partial charge is 0.310 e. The molecule has 0 bridgehead atoms. The number of hydrogen-bond donors (Lipinski definition) is 1. The van der Waals surface area contributed by atoms with Crippen LogP contribution >= 0.6 is 11.3 Å². The summed E-state index contributed by atoms with van der Waals surface area (Å²) in [6, 6.07) is 4.90. The zero-order valence-electron chi connectivity index (χ0n) is 9.55. The molecule has 0 aliphatic carbocycles. The van der Waals surface area contributed by atoms with Gasteiger partial charge in [0.1, 0.15) is 0 Å². The first kappa shape index (κ1) is 12.3. The second kappa shape index (κ2) is 6.66. The topological polar surface area (TPSA) is 12.0 Å². The lowest BCUT2D eigenvalue weighted by atomic mass is 10.1. The number of rotatable bonds is 6. The monoisotopic (exact) mass is 221 g/mol. The molecule has 1 heterocycles. The summed E-state index contributed by atoms with van der Waals surface area (Å²) in [6.45, 7) is 5.31.